The van der Waals surface area contributed by atoms with Crippen molar-refractivity contribution in [3.05, 3.63) is 291 Å². The third-order valence-electron chi connectivity index (χ3n) is 14.8. The maximum Gasteiger partial charge on any atom is 0.0540 e. The summed E-state index contributed by atoms with van der Waals surface area (Å²) in [5, 5.41) is 9.78. The quantitative estimate of drug-likeness (QED) is 0.135. The summed E-state index contributed by atoms with van der Waals surface area (Å²) in [6.07, 6.45) is 0. The summed E-state index contributed by atoms with van der Waals surface area (Å²) in [6.45, 7) is 0. The number of hydrogen-bond acceptors (Lipinski definition) is 3. The number of anilines is 6. The predicted octanol–water partition coefficient (Wildman–Crippen LogP) is 21.1. The van der Waals surface area contributed by atoms with E-state index in [2.05, 4.69) is 301 Å². The van der Waals surface area contributed by atoms with Gasteiger partial charge in [0.25, 0.3) is 0 Å². The SMILES string of the molecule is c1ccc(-c2ccc(-c3cccc(N(c4cccc(-c5ccccc5N(c5ccc6cc(-c7cccc8c7sc7ccccc78)ccc6c5)c5cccc6ccccc56)c4)c4cccc5ccccc45)c3)cc2)cc1. The molecule has 0 atom stereocenters. The zero-order valence-electron chi connectivity index (χ0n) is 41.0. The van der Waals surface area contributed by atoms with Crippen LogP contribution >= 0.6 is 11.3 Å². The molecule has 0 saturated heterocycles. The van der Waals surface area contributed by atoms with Crippen molar-refractivity contribution < 1.29 is 0 Å². The molecule has 0 saturated carbocycles. The van der Waals surface area contributed by atoms with Gasteiger partial charge in [-0.1, -0.05) is 224 Å². The number of benzene rings is 13. The van der Waals surface area contributed by atoms with Gasteiger partial charge in [0.05, 0.1) is 17.1 Å². The molecule has 0 fully saturated rings. The molecule has 0 bridgehead atoms. The van der Waals surface area contributed by atoms with Crippen molar-refractivity contribution >= 4 is 98.0 Å². The Kier molecular flexibility index (Phi) is 11.1. The first kappa shape index (κ1) is 44.2. The Morgan fingerprint density at radius 1 is 0.227 bits per heavy atom. The highest BCUT2D eigenvalue weighted by atomic mass is 32.1. The van der Waals surface area contributed by atoms with E-state index in [0.29, 0.717) is 0 Å². The van der Waals surface area contributed by atoms with Gasteiger partial charge in [-0.2, -0.15) is 0 Å². The Morgan fingerprint density at radius 3 is 1.44 bits per heavy atom. The van der Waals surface area contributed by atoms with Crippen molar-refractivity contribution in [2.24, 2.45) is 0 Å². The van der Waals surface area contributed by atoms with E-state index in [0.717, 1.165) is 50.8 Å². The number of fused-ring (bicyclic) bond motifs is 6. The monoisotopic (exact) mass is 972 g/mol. The van der Waals surface area contributed by atoms with E-state index in [-0.39, 0.29) is 0 Å². The van der Waals surface area contributed by atoms with Gasteiger partial charge in [0.15, 0.2) is 0 Å². The molecule has 0 aliphatic heterocycles. The summed E-state index contributed by atoms with van der Waals surface area (Å²) in [7, 11) is 0. The highest BCUT2D eigenvalue weighted by Crippen LogP contribution is 2.47. The molecule has 0 amide bonds. The van der Waals surface area contributed by atoms with Crippen LogP contribution in [0.2, 0.25) is 0 Å². The summed E-state index contributed by atoms with van der Waals surface area (Å²) >= 11 is 1.88. The Bertz CT molecular complexity index is 4430. The van der Waals surface area contributed by atoms with Gasteiger partial charge < -0.3 is 9.80 Å². The first-order valence-corrected chi connectivity index (χ1v) is 26.5. The molecule has 0 unspecified atom stereocenters. The molecule has 14 rings (SSSR count). The van der Waals surface area contributed by atoms with Crippen molar-refractivity contribution in [2.45, 2.75) is 0 Å². The van der Waals surface area contributed by atoms with Crippen LogP contribution in [-0.2, 0) is 0 Å². The van der Waals surface area contributed by atoms with E-state index >= 15 is 0 Å². The number of hydrogen-bond donors (Lipinski definition) is 0. The van der Waals surface area contributed by atoms with Crippen LogP contribution < -0.4 is 9.80 Å². The minimum Gasteiger partial charge on any atom is -0.310 e. The van der Waals surface area contributed by atoms with Crippen LogP contribution in [0.4, 0.5) is 34.1 Å². The van der Waals surface area contributed by atoms with Gasteiger partial charge >= 0.3 is 0 Å². The lowest BCUT2D eigenvalue weighted by Gasteiger charge is -2.30. The molecular formula is C72H48N2S. The summed E-state index contributed by atoms with van der Waals surface area (Å²) in [6, 6.07) is 107. The molecule has 0 aliphatic rings. The van der Waals surface area contributed by atoms with E-state index in [1.54, 1.807) is 0 Å². The lowest BCUT2D eigenvalue weighted by atomic mass is 9.97. The zero-order chi connectivity index (χ0) is 49.7. The summed E-state index contributed by atoms with van der Waals surface area (Å²) in [4.78, 5) is 4.89. The second kappa shape index (κ2) is 18.8. The molecule has 3 heteroatoms. The lowest BCUT2D eigenvalue weighted by Crippen LogP contribution is -2.12. The van der Waals surface area contributed by atoms with E-state index < -0.39 is 0 Å². The van der Waals surface area contributed by atoms with Crippen molar-refractivity contribution in [3.63, 3.8) is 0 Å². The number of para-hydroxylation sites is 1. The Hall–Kier alpha value is -9.54. The fourth-order valence-corrected chi connectivity index (χ4v) is 12.4. The second-order valence-corrected chi connectivity index (χ2v) is 20.3. The van der Waals surface area contributed by atoms with Crippen molar-refractivity contribution in [1.29, 1.82) is 0 Å². The smallest absolute Gasteiger partial charge is 0.0540 e. The fourth-order valence-electron chi connectivity index (χ4n) is 11.2. The van der Waals surface area contributed by atoms with Crippen LogP contribution in [-0.4, -0.2) is 0 Å². The molecular weight excluding hydrogens is 925 g/mol. The number of thiophene rings is 1. The molecule has 0 aliphatic carbocycles. The first-order valence-electron chi connectivity index (χ1n) is 25.6. The van der Waals surface area contributed by atoms with E-state index in [4.69, 9.17) is 0 Å². The average Bonchev–Trinajstić information content (AvgIpc) is 3.88. The van der Waals surface area contributed by atoms with Gasteiger partial charge in [0, 0.05) is 53.6 Å². The third kappa shape index (κ3) is 8.08. The van der Waals surface area contributed by atoms with Crippen LogP contribution in [0.5, 0.6) is 0 Å². The van der Waals surface area contributed by atoms with E-state index in [9.17, 15) is 0 Å². The van der Waals surface area contributed by atoms with Crippen LogP contribution in [0.1, 0.15) is 0 Å². The van der Waals surface area contributed by atoms with Crippen LogP contribution in [0, 0.1) is 0 Å². The van der Waals surface area contributed by atoms with Crippen molar-refractivity contribution in [3.8, 4) is 44.5 Å². The summed E-state index contributed by atoms with van der Waals surface area (Å²) in [5.74, 6) is 0. The molecule has 1 heterocycles. The topological polar surface area (TPSA) is 6.48 Å². The maximum absolute atomic E-state index is 2.46. The third-order valence-corrected chi connectivity index (χ3v) is 16.0. The second-order valence-electron chi connectivity index (χ2n) is 19.3. The van der Waals surface area contributed by atoms with Gasteiger partial charge in [0.2, 0.25) is 0 Å². The molecule has 1 aromatic heterocycles. The molecule has 0 radical (unpaired) electrons. The molecule has 0 N–H and O–H groups in total. The molecule has 13 aromatic carbocycles. The van der Waals surface area contributed by atoms with Gasteiger partial charge in [-0.3, -0.25) is 0 Å². The zero-order valence-corrected chi connectivity index (χ0v) is 41.8. The van der Waals surface area contributed by atoms with Gasteiger partial charge in [-0.05, 0) is 127 Å². The minimum absolute atomic E-state index is 1.07. The highest BCUT2D eigenvalue weighted by Gasteiger charge is 2.22. The van der Waals surface area contributed by atoms with Gasteiger partial charge in [-0.15, -0.1) is 11.3 Å². The molecule has 14 aromatic rings. The van der Waals surface area contributed by atoms with E-state index in [1.165, 1.54) is 80.3 Å². The van der Waals surface area contributed by atoms with Crippen LogP contribution in [0.15, 0.2) is 291 Å². The summed E-state index contributed by atoms with van der Waals surface area (Å²) in [5.41, 5.74) is 16.1. The Balaban J connectivity index is 0.896. The fraction of sp³-hybridized carbons (Fsp3) is 0. The molecule has 2 nitrogen and oxygen atoms in total. The first-order chi connectivity index (χ1) is 37.2. The molecule has 0 spiro atoms. The Morgan fingerprint density at radius 2 is 0.680 bits per heavy atom. The number of nitrogens with zero attached hydrogens (tertiary/aromatic N) is 2. The van der Waals surface area contributed by atoms with E-state index in [1.807, 2.05) is 11.3 Å². The molecule has 352 valence electrons. The van der Waals surface area contributed by atoms with Crippen LogP contribution in [0.25, 0.3) is 97.0 Å². The highest BCUT2D eigenvalue weighted by molar-refractivity contribution is 7.26. The average molecular weight is 973 g/mol. The van der Waals surface area contributed by atoms with Crippen molar-refractivity contribution in [1.82, 2.24) is 0 Å². The largest absolute Gasteiger partial charge is 0.310 e. The predicted molar refractivity (Wildman–Crippen MR) is 323 cm³/mol. The van der Waals surface area contributed by atoms with Crippen molar-refractivity contribution in [2.75, 3.05) is 9.80 Å². The normalized spacial score (nSPS) is 11.5. The van der Waals surface area contributed by atoms with Gasteiger partial charge in [0.1, 0.15) is 0 Å². The van der Waals surface area contributed by atoms with Gasteiger partial charge in [-0.25, -0.2) is 0 Å². The number of rotatable bonds is 10. The minimum atomic E-state index is 1.07. The lowest BCUT2D eigenvalue weighted by molar-refractivity contribution is 1.29. The Labute approximate surface area is 440 Å². The molecule has 75 heavy (non-hydrogen) atoms. The van der Waals surface area contributed by atoms with Crippen LogP contribution in [0.3, 0.4) is 0 Å². The summed E-state index contributed by atoms with van der Waals surface area (Å²) < 4.78 is 2.65. The maximum atomic E-state index is 2.46. The standard InChI is InChI=1S/C72H48N2S/c1-2-17-49(18-3-1)50-37-39-51(40-38-50)54-23-12-25-59(46-54)73(68-34-14-21-52-19-4-6-27-62(52)68)60-26-13-24-57(48-60)64-29-8-10-33-69(64)74(70-35-15-22-53-20-5-7-28-63(53)70)61-44-43-55-45-58(42-41-56(55)47-61)65-31-16-32-67-66-30-9-11-36-71(66)75-72(65)67/h1-48H.